The number of nitro groups is 1. The molecule has 5 nitrogen and oxygen atoms in total. The van der Waals surface area contributed by atoms with E-state index in [9.17, 15) is 14.9 Å². The summed E-state index contributed by atoms with van der Waals surface area (Å²) in [6.45, 7) is 9.02. The Hall–Kier alpha value is -1.91. The Labute approximate surface area is 119 Å². The minimum Gasteiger partial charge on any atom is -0.454 e. The van der Waals surface area contributed by atoms with Gasteiger partial charge in [-0.2, -0.15) is 0 Å². The molecule has 5 heteroatoms. The van der Waals surface area contributed by atoms with Crippen LogP contribution in [0.15, 0.2) is 24.3 Å². The van der Waals surface area contributed by atoms with Gasteiger partial charge in [0.15, 0.2) is 0 Å². The second-order valence-corrected chi connectivity index (χ2v) is 5.94. The largest absolute Gasteiger partial charge is 0.454 e. The van der Waals surface area contributed by atoms with E-state index in [-0.39, 0.29) is 11.7 Å². The number of rotatable bonds is 5. The van der Waals surface area contributed by atoms with Crippen LogP contribution < -0.4 is 0 Å². The number of nitrogens with zero attached hydrogens (tertiary/aromatic N) is 1. The Morgan fingerprint density at radius 2 is 1.90 bits per heavy atom. The number of hydrogen-bond donors (Lipinski definition) is 0. The summed E-state index contributed by atoms with van der Waals surface area (Å²) in [5.41, 5.74) is -0.888. The molecule has 110 valence electrons. The third kappa shape index (κ3) is 3.56. The van der Waals surface area contributed by atoms with E-state index in [1.165, 1.54) is 12.1 Å². The highest BCUT2D eigenvalue weighted by Crippen LogP contribution is 2.31. The molecule has 0 heterocycles. The summed E-state index contributed by atoms with van der Waals surface area (Å²) in [7, 11) is 0. The number of carbonyl (C=O) groups is 1. The van der Waals surface area contributed by atoms with Gasteiger partial charge >= 0.3 is 5.97 Å². The molecule has 0 unspecified atom stereocenters. The van der Waals surface area contributed by atoms with E-state index in [1.807, 2.05) is 20.8 Å². The lowest BCUT2D eigenvalue weighted by molar-refractivity contribution is -0.385. The summed E-state index contributed by atoms with van der Waals surface area (Å²) in [5.74, 6) is -0.309. The van der Waals surface area contributed by atoms with Crippen molar-refractivity contribution in [3.8, 4) is 0 Å². The lowest BCUT2D eigenvalue weighted by Gasteiger charge is -2.30. The summed E-state index contributed by atoms with van der Waals surface area (Å²) in [4.78, 5) is 22.5. The highest BCUT2D eigenvalue weighted by atomic mass is 16.6. The predicted molar refractivity (Wildman–Crippen MR) is 76.3 cm³/mol. The van der Waals surface area contributed by atoms with Crippen molar-refractivity contribution in [2.24, 2.45) is 5.41 Å². The Morgan fingerprint density at radius 3 is 2.40 bits per heavy atom. The summed E-state index contributed by atoms with van der Waals surface area (Å²) >= 11 is 0. The van der Waals surface area contributed by atoms with E-state index >= 15 is 0 Å². The summed E-state index contributed by atoms with van der Waals surface area (Å²) in [6, 6.07) is 6.16. The molecule has 1 aromatic carbocycles. The molecule has 0 saturated carbocycles. The molecular formula is C15H21NO4. The normalized spacial score (nSPS) is 12.1. The molecule has 0 aliphatic heterocycles. The van der Waals surface area contributed by atoms with Gasteiger partial charge in [0.25, 0.3) is 5.69 Å². The van der Waals surface area contributed by atoms with Gasteiger partial charge in [-0.3, -0.25) is 14.9 Å². The zero-order chi connectivity index (χ0) is 15.6. The fraction of sp³-hybridized carbons (Fsp3) is 0.533. The quantitative estimate of drug-likeness (QED) is 0.467. The molecule has 0 aliphatic rings. The Kier molecular flexibility index (Phi) is 4.53. The summed E-state index contributed by atoms with van der Waals surface area (Å²) in [5, 5.41) is 10.8. The van der Waals surface area contributed by atoms with Gasteiger partial charge in [0.2, 0.25) is 0 Å². The fourth-order valence-corrected chi connectivity index (χ4v) is 1.57. The average molecular weight is 279 g/mol. The van der Waals surface area contributed by atoms with Gasteiger partial charge < -0.3 is 4.74 Å². The van der Waals surface area contributed by atoms with Crippen LogP contribution in [0.25, 0.3) is 0 Å². The van der Waals surface area contributed by atoms with Crippen molar-refractivity contribution < 1.29 is 14.5 Å². The van der Waals surface area contributed by atoms with Gasteiger partial charge in [-0.25, -0.2) is 0 Å². The van der Waals surface area contributed by atoms with Crippen LogP contribution in [-0.4, -0.2) is 10.9 Å². The highest BCUT2D eigenvalue weighted by Gasteiger charge is 2.34. The molecule has 0 N–H and O–H groups in total. The van der Waals surface area contributed by atoms with Crippen molar-refractivity contribution in [1.29, 1.82) is 0 Å². The van der Waals surface area contributed by atoms with Crippen LogP contribution in [0.1, 0.15) is 46.6 Å². The first kappa shape index (κ1) is 16.1. The smallest absolute Gasteiger partial charge is 0.312 e. The van der Waals surface area contributed by atoms with Gasteiger partial charge in [0.1, 0.15) is 5.60 Å². The summed E-state index contributed by atoms with van der Waals surface area (Å²) < 4.78 is 5.55. The number of benzene rings is 1. The SMILES string of the molecule is CCC(C)(C)C(=O)OC(C)(C)c1cccc([N+](=O)[O-])c1. The van der Waals surface area contributed by atoms with Crippen molar-refractivity contribution in [1.82, 2.24) is 0 Å². The molecule has 0 spiro atoms. The minimum atomic E-state index is -0.907. The monoisotopic (exact) mass is 279 g/mol. The standard InChI is InChI=1S/C15H21NO4/c1-6-14(2,3)13(17)20-15(4,5)11-8-7-9-12(10-11)16(18)19/h7-10H,6H2,1-5H3. The number of esters is 1. The van der Waals surface area contributed by atoms with Gasteiger partial charge in [0, 0.05) is 17.7 Å². The number of nitro benzene ring substituents is 1. The number of ether oxygens (including phenoxy) is 1. The van der Waals surface area contributed by atoms with E-state index < -0.39 is 15.9 Å². The zero-order valence-electron chi connectivity index (χ0n) is 12.6. The molecule has 20 heavy (non-hydrogen) atoms. The molecule has 0 aromatic heterocycles. The Morgan fingerprint density at radius 1 is 1.30 bits per heavy atom. The van der Waals surface area contributed by atoms with Gasteiger partial charge in [-0.05, 0) is 34.1 Å². The topological polar surface area (TPSA) is 69.4 Å². The van der Waals surface area contributed by atoms with Crippen molar-refractivity contribution in [2.45, 2.75) is 46.6 Å². The second kappa shape index (κ2) is 5.61. The van der Waals surface area contributed by atoms with Crippen LogP contribution in [0.4, 0.5) is 5.69 Å². The molecule has 0 atom stereocenters. The van der Waals surface area contributed by atoms with Crippen LogP contribution in [0.2, 0.25) is 0 Å². The van der Waals surface area contributed by atoms with Gasteiger partial charge in [-0.1, -0.05) is 19.1 Å². The molecule has 1 aromatic rings. The highest BCUT2D eigenvalue weighted by molar-refractivity contribution is 5.76. The van der Waals surface area contributed by atoms with Crippen LogP contribution in [0.5, 0.6) is 0 Å². The maximum absolute atomic E-state index is 12.1. The Bertz CT molecular complexity index is 520. The van der Waals surface area contributed by atoms with E-state index in [2.05, 4.69) is 0 Å². The number of hydrogen-bond acceptors (Lipinski definition) is 4. The molecule has 0 radical (unpaired) electrons. The van der Waals surface area contributed by atoms with Crippen molar-refractivity contribution >= 4 is 11.7 Å². The molecular weight excluding hydrogens is 258 g/mol. The van der Waals surface area contributed by atoms with Crippen molar-refractivity contribution in [3.63, 3.8) is 0 Å². The molecule has 0 fully saturated rings. The Balaban J connectivity index is 3.02. The molecule has 0 bridgehead atoms. The second-order valence-electron chi connectivity index (χ2n) is 5.94. The maximum atomic E-state index is 12.1. The first-order valence-corrected chi connectivity index (χ1v) is 6.58. The maximum Gasteiger partial charge on any atom is 0.312 e. The van der Waals surface area contributed by atoms with Gasteiger partial charge in [0.05, 0.1) is 10.3 Å². The van der Waals surface area contributed by atoms with Crippen molar-refractivity contribution in [2.75, 3.05) is 0 Å². The summed E-state index contributed by atoms with van der Waals surface area (Å²) in [6.07, 6.45) is 0.664. The van der Waals surface area contributed by atoms with Crippen LogP contribution in [0, 0.1) is 15.5 Å². The minimum absolute atomic E-state index is 0.0126. The van der Waals surface area contributed by atoms with E-state index in [1.54, 1.807) is 26.0 Å². The van der Waals surface area contributed by atoms with Gasteiger partial charge in [-0.15, -0.1) is 0 Å². The average Bonchev–Trinajstić information content (AvgIpc) is 2.38. The molecule has 0 saturated heterocycles. The fourth-order valence-electron chi connectivity index (χ4n) is 1.57. The van der Waals surface area contributed by atoms with Crippen molar-refractivity contribution in [3.05, 3.63) is 39.9 Å². The third-order valence-electron chi connectivity index (χ3n) is 3.54. The zero-order valence-corrected chi connectivity index (χ0v) is 12.6. The first-order chi connectivity index (χ1) is 9.10. The number of carbonyl (C=O) groups excluding carboxylic acids is 1. The lowest BCUT2D eigenvalue weighted by Crippen LogP contribution is -2.33. The lowest BCUT2D eigenvalue weighted by atomic mass is 9.89. The first-order valence-electron chi connectivity index (χ1n) is 6.58. The van der Waals surface area contributed by atoms with Crippen LogP contribution >= 0.6 is 0 Å². The third-order valence-corrected chi connectivity index (χ3v) is 3.54. The molecule has 0 aliphatic carbocycles. The van der Waals surface area contributed by atoms with E-state index in [0.717, 1.165) is 0 Å². The predicted octanol–water partition coefficient (Wildman–Crippen LogP) is 3.81. The van der Waals surface area contributed by atoms with Crippen LogP contribution in [-0.2, 0) is 15.1 Å². The number of non-ortho nitro benzene ring substituents is 1. The van der Waals surface area contributed by atoms with Crippen LogP contribution in [0.3, 0.4) is 0 Å². The van der Waals surface area contributed by atoms with E-state index in [4.69, 9.17) is 4.74 Å². The molecule has 0 amide bonds. The molecule has 1 rings (SSSR count). The van der Waals surface area contributed by atoms with E-state index in [0.29, 0.717) is 12.0 Å².